The molecule has 11 rings (SSSR count). The topological polar surface area (TPSA) is 77.5 Å². The van der Waals surface area contributed by atoms with E-state index in [1.54, 1.807) is 0 Å². The molecule has 3 aromatic carbocycles. The molecule has 4 bridgehead atoms. The minimum absolute atomic E-state index is 0.0818. The summed E-state index contributed by atoms with van der Waals surface area (Å²) in [5.41, 5.74) is 2.81. The van der Waals surface area contributed by atoms with E-state index < -0.39 is 28.0 Å². The molecule has 8 unspecified atom stereocenters. The molecule has 3 aromatic rings. The van der Waals surface area contributed by atoms with Crippen LogP contribution in [0.15, 0.2) is 72.8 Å². The summed E-state index contributed by atoms with van der Waals surface area (Å²) in [6, 6.07) is 26.1. The first-order valence-corrected chi connectivity index (χ1v) is 22.1. The minimum atomic E-state index is -1.99. The summed E-state index contributed by atoms with van der Waals surface area (Å²) < 4.78 is 42.0. The zero-order valence-corrected chi connectivity index (χ0v) is 34.2. The van der Waals surface area contributed by atoms with Crippen LogP contribution in [0, 0.1) is 22.7 Å². The zero-order valence-electron chi connectivity index (χ0n) is 33.4. The minimum Gasteiger partial charge on any atom is -0.504 e. The molecule has 55 heavy (non-hydrogen) atoms. The Hall–Kier alpha value is -2.75. The average Bonchev–Trinajstić information content (AvgIpc) is 3.93. The molecule has 7 nitrogen and oxygen atoms in total. The molecule has 2 aliphatic heterocycles. The summed E-state index contributed by atoms with van der Waals surface area (Å²) in [5.74, 6) is 1.58. The van der Waals surface area contributed by atoms with E-state index in [2.05, 4.69) is 99.3 Å². The van der Waals surface area contributed by atoms with Crippen molar-refractivity contribution in [1.29, 1.82) is 0 Å². The van der Waals surface area contributed by atoms with E-state index in [1.165, 1.54) is 35.1 Å². The van der Waals surface area contributed by atoms with E-state index in [0.29, 0.717) is 11.8 Å². The van der Waals surface area contributed by atoms with Crippen molar-refractivity contribution in [3.63, 3.8) is 0 Å². The molecule has 6 aliphatic carbocycles. The van der Waals surface area contributed by atoms with Gasteiger partial charge in [-0.1, -0.05) is 87.5 Å². The number of fused-ring (bicyclic) bond motifs is 2. The number of rotatable bonds is 10. The van der Waals surface area contributed by atoms with Gasteiger partial charge in [0.1, 0.15) is 11.7 Å². The van der Waals surface area contributed by atoms with E-state index in [4.69, 9.17) is 17.8 Å². The quantitative estimate of drug-likeness (QED) is 0.221. The fourth-order valence-corrected chi connectivity index (χ4v) is 14.6. The van der Waals surface area contributed by atoms with E-state index in [0.717, 1.165) is 76.8 Å². The fraction of sp³-hybridized carbons (Fsp3) is 0.617. The lowest BCUT2D eigenvalue weighted by atomic mass is 9.33. The fourth-order valence-electron chi connectivity index (χ4n) is 13.5. The predicted molar refractivity (Wildman–Crippen MR) is 214 cm³/mol. The molecular weight excluding hydrogens is 707 g/mol. The molecule has 1 saturated heterocycles. The summed E-state index contributed by atoms with van der Waals surface area (Å²) in [6.45, 7) is 11.0. The molecule has 0 amide bonds. The van der Waals surface area contributed by atoms with Crippen LogP contribution in [0.2, 0.25) is 0 Å². The van der Waals surface area contributed by atoms with Crippen LogP contribution in [0.1, 0.15) is 114 Å². The number of benzene rings is 3. The average molecular weight is 766 g/mol. The third kappa shape index (κ3) is 5.03. The molecule has 0 aromatic heterocycles. The molecular formula is C47H59NO6S. The number of methoxy groups -OCH3 is 1. The van der Waals surface area contributed by atoms with Crippen molar-refractivity contribution >= 4 is 11.4 Å². The Morgan fingerprint density at radius 3 is 2.16 bits per heavy atom. The molecule has 5 saturated carbocycles. The third-order valence-corrected chi connectivity index (χ3v) is 17.6. The van der Waals surface area contributed by atoms with Gasteiger partial charge in [-0.3, -0.25) is 13.3 Å². The van der Waals surface area contributed by atoms with Gasteiger partial charge >= 0.3 is 11.4 Å². The lowest BCUT2D eigenvalue weighted by molar-refractivity contribution is -0.308. The number of piperidine rings is 1. The van der Waals surface area contributed by atoms with Gasteiger partial charge in [-0.05, 0) is 118 Å². The van der Waals surface area contributed by atoms with Crippen LogP contribution >= 0.6 is 0 Å². The molecule has 1 N–H and O–H groups in total. The maximum absolute atomic E-state index is 14.5. The Bertz CT molecular complexity index is 1930. The number of hydrogen-bond donors (Lipinski definition) is 1. The van der Waals surface area contributed by atoms with Crippen molar-refractivity contribution in [2.75, 3.05) is 20.2 Å². The first-order chi connectivity index (χ1) is 26.4. The summed E-state index contributed by atoms with van der Waals surface area (Å²) >= 11 is -1.99. The van der Waals surface area contributed by atoms with Gasteiger partial charge in [-0.15, -0.1) is 0 Å². The predicted octanol–water partition coefficient (Wildman–Crippen LogP) is 8.96. The highest BCUT2D eigenvalue weighted by Crippen LogP contribution is 2.78. The Labute approximate surface area is 330 Å². The first-order valence-electron chi connectivity index (χ1n) is 21.1. The summed E-state index contributed by atoms with van der Waals surface area (Å²) in [5, 5.41) is 11.4. The highest BCUT2D eigenvalue weighted by Gasteiger charge is 2.82. The summed E-state index contributed by atoms with van der Waals surface area (Å²) in [4.78, 5) is 2.83. The van der Waals surface area contributed by atoms with E-state index in [-0.39, 0.29) is 40.1 Å². The number of hydrogen-bond acceptors (Lipinski definition) is 7. The lowest BCUT2D eigenvalue weighted by Crippen LogP contribution is -2.83. The third-order valence-electron chi connectivity index (χ3n) is 16.7. The zero-order chi connectivity index (χ0) is 38.0. The smallest absolute Gasteiger partial charge is 0.305 e. The van der Waals surface area contributed by atoms with Crippen molar-refractivity contribution in [3.05, 3.63) is 95.1 Å². The highest BCUT2D eigenvalue weighted by molar-refractivity contribution is 7.75. The number of likely N-dealkylation sites (tertiary alicyclic amines) is 1. The van der Waals surface area contributed by atoms with Crippen LogP contribution in [0.3, 0.4) is 0 Å². The van der Waals surface area contributed by atoms with Crippen molar-refractivity contribution < 1.29 is 27.2 Å². The van der Waals surface area contributed by atoms with Crippen molar-refractivity contribution in [3.8, 4) is 11.5 Å². The second-order valence-electron chi connectivity index (χ2n) is 19.7. The van der Waals surface area contributed by atoms with Crippen LogP contribution < -0.4 is 4.74 Å². The van der Waals surface area contributed by atoms with Gasteiger partial charge in [0.25, 0.3) is 0 Å². The Balaban J connectivity index is 0.969. The van der Waals surface area contributed by atoms with Crippen LogP contribution in [0.4, 0.5) is 0 Å². The number of phenolic OH excluding ortho intramolecular Hbond substituents is 1. The van der Waals surface area contributed by atoms with E-state index in [9.17, 15) is 9.32 Å². The van der Waals surface area contributed by atoms with Crippen LogP contribution in [-0.4, -0.2) is 63.9 Å². The summed E-state index contributed by atoms with van der Waals surface area (Å²) in [6.07, 6.45) is 10.4. The van der Waals surface area contributed by atoms with Crippen LogP contribution in [0.25, 0.3) is 0 Å². The lowest BCUT2D eigenvalue weighted by Gasteiger charge is -2.75. The maximum atomic E-state index is 14.5. The monoisotopic (exact) mass is 765 g/mol. The molecule has 8 atom stereocenters. The molecule has 2 spiro atoms. The number of nitrogens with zero attached hydrogens (tertiary/aromatic N) is 1. The van der Waals surface area contributed by atoms with Gasteiger partial charge in [0, 0.05) is 47.4 Å². The van der Waals surface area contributed by atoms with Gasteiger partial charge in [-0.25, -0.2) is 0 Å². The number of aromatic hydroxyl groups is 1. The van der Waals surface area contributed by atoms with Crippen LogP contribution in [-0.2, 0) is 41.7 Å². The van der Waals surface area contributed by atoms with Gasteiger partial charge in [0.05, 0.1) is 11.7 Å². The van der Waals surface area contributed by atoms with Crippen molar-refractivity contribution in [2.24, 2.45) is 22.7 Å². The molecule has 2 heterocycles. The second kappa shape index (κ2) is 12.6. The summed E-state index contributed by atoms with van der Waals surface area (Å²) in [7, 11) is 1.85. The first kappa shape index (κ1) is 36.6. The standard InChI is InChI=1S/C47H59NO6S/c1-42(2,3)43(4,54-55(50)53-35-20-22-44(23-21-35,33-12-8-6-9-13-33)34-14-10-7-11-15-34)37-29-45-24-25-47(37,51-5)41-46(45)26-27-48(30-31-16-17-31)38(45)28-32-18-19-36(49)40(52-41)39(32)46/h6-15,18-19,31,35,37-38,41,49H,16-17,20-30H2,1-5H3. The van der Waals surface area contributed by atoms with E-state index in [1.807, 2.05) is 13.2 Å². The van der Waals surface area contributed by atoms with Gasteiger partial charge in [0.2, 0.25) is 0 Å². The van der Waals surface area contributed by atoms with Crippen molar-refractivity contribution in [2.45, 2.75) is 139 Å². The Kier molecular flexibility index (Phi) is 8.40. The number of ether oxygens (including phenoxy) is 2. The highest BCUT2D eigenvalue weighted by atomic mass is 32.2. The number of phenols is 1. The van der Waals surface area contributed by atoms with Gasteiger partial charge in [0.15, 0.2) is 11.5 Å². The molecule has 294 valence electrons. The normalized spacial score (nSPS) is 35.1. The Morgan fingerprint density at radius 1 is 0.873 bits per heavy atom. The van der Waals surface area contributed by atoms with Crippen molar-refractivity contribution in [1.82, 2.24) is 4.90 Å². The largest absolute Gasteiger partial charge is 0.504 e. The van der Waals surface area contributed by atoms with E-state index >= 15 is 0 Å². The molecule has 0 radical (unpaired) electrons. The molecule has 6 fully saturated rings. The van der Waals surface area contributed by atoms with Crippen LogP contribution in [0.5, 0.6) is 11.5 Å². The van der Waals surface area contributed by atoms with Gasteiger partial charge in [-0.2, -0.15) is 4.21 Å². The maximum Gasteiger partial charge on any atom is 0.305 e. The molecule has 8 heteroatoms. The second-order valence-corrected chi connectivity index (χ2v) is 20.4. The SMILES string of the molecule is COC12CCC3(CC1C(C)(OS(=O)OC1CCC(c4ccccc4)(c4ccccc4)CC1)C(C)(C)C)C1Cc4ccc(O)c5c4C3(CCN1CC1CC1)C2O5. The Morgan fingerprint density at radius 2 is 1.55 bits per heavy atom. The molecule has 8 aliphatic rings. The van der Waals surface area contributed by atoms with Gasteiger partial charge < -0.3 is 14.6 Å².